The molecule has 2 aliphatic rings. The Morgan fingerprint density at radius 2 is 1.57 bits per heavy atom. The minimum atomic E-state index is -0.633. The first-order valence-corrected chi connectivity index (χ1v) is 8.97. The lowest BCUT2D eigenvalue weighted by molar-refractivity contribution is -0.138. The number of rotatable bonds is 10. The maximum atomic E-state index is 12.5. The minimum Gasteiger partial charge on any atom is -0.462 e. The zero-order valence-corrected chi connectivity index (χ0v) is 15.6. The number of hydrogen-bond acceptors (Lipinski definition) is 8. The summed E-state index contributed by atoms with van der Waals surface area (Å²) in [5, 5.41) is 0. The van der Waals surface area contributed by atoms with Gasteiger partial charge >= 0.3 is 17.9 Å². The highest BCUT2D eigenvalue weighted by molar-refractivity contribution is 6.03. The molecule has 8 nitrogen and oxygen atoms in total. The van der Waals surface area contributed by atoms with Gasteiger partial charge in [-0.1, -0.05) is 12.6 Å². The summed E-state index contributed by atoms with van der Waals surface area (Å²) in [5.74, 6) is -1.73. The van der Waals surface area contributed by atoms with Gasteiger partial charge in [-0.15, -0.1) is 0 Å². The third kappa shape index (κ3) is 5.90. The summed E-state index contributed by atoms with van der Waals surface area (Å²) in [6, 6.07) is 4.74. The van der Waals surface area contributed by atoms with Crippen molar-refractivity contribution in [2.45, 2.75) is 25.6 Å². The van der Waals surface area contributed by atoms with Crippen molar-refractivity contribution >= 4 is 17.9 Å². The van der Waals surface area contributed by atoms with Crippen molar-refractivity contribution in [1.82, 2.24) is 0 Å². The quantitative estimate of drug-likeness (QED) is 0.256. The summed E-state index contributed by atoms with van der Waals surface area (Å²) >= 11 is 0. The molecule has 2 fully saturated rings. The summed E-state index contributed by atoms with van der Waals surface area (Å²) in [6.07, 6.45) is 0.209. The third-order valence-corrected chi connectivity index (χ3v) is 4.10. The largest absolute Gasteiger partial charge is 0.462 e. The van der Waals surface area contributed by atoms with E-state index < -0.39 is 17.9 Å². The van der Waals surface area contributed by atoms with Crippen LogP contribution in [0.5, 0.6) is 0 Å². The van der Waals surface area contributed by atoms with Gasteiger partial charge in [-0.05, 0) is 24.6 Å². The van der Waals surface area contributed by atoms with Crippen molar-refractivity contribution < 1.29 is 38.1 Å². The maximum absolute atomic E-state index is 12.5. The van der Waals surface area contributed by atoms with Crippen molar-refractivity contribution in [3.8, 4) is 0 Å². The molecular weight excluding hydrogens is 368 g/mol. The molecule has 1 aromatic rings. The van der Waals surface area contributed by atoms with Crippen LogP contribution >= 0.6 is 0 Å². The van der Waals surface area contributed by atoms with E-state index in [4.69, 9.17) is 23.7 Å². The Kier molecular flexibility index (Phi) is 6.43. The number of carbonyl (C=O) groups is 3. The molecule has 2 heterocycles. The van der Waals surface area contributed by atoms with Gasteiger partial charge in [0.05, 0.1) is 30.9 Å². The Labute approximate surface area is 162 Å². The van der Waals surface area contributed by atoms with E-state index in [1.807, 2.05) is 0 Å². The van der Waals surface area contributed by atoms with Gasteiger partial charge in [0, 0.05) is 12.0 Å². The molecular formula is C20H22O8. The summed E-state index contributed by atoms with van der Waals surface area (Å²) in [4.78, 5) is 36.3. The van der Waals surface area contributed by atoms with Crippen LogP contribution < -0.4 is 0 Å². The Hall–Kier alpha value is -2.71. The molecule has 0 aromatic heterocycles. The first-order valence-electron chi connectivity index (χ1n) is 8.97. The maximum Gasteiger partial charge on any atom is 0.339 e. The molecule has 0 amide bonds. The van der Waals surface area contributed by atoms with E-state index in [1.165, 1.54) is 6.07 Å². The Morgan fingerprint density at radius 1 is 1.00 bits per heavy atom. The second-order valence-corrected chi connectivity index (χ2v) is 6.65. The minimum absolute atomic E-state index is 0.0753. The summed E-state index contributed by atoms with van der Waals surface area (Å²) in [6.45, 7) is 6.59. The van der Waals surface area contributed by atoms with E-state index in [0.717, 1.165) is 0 Å². The van der Waals surface area contributed by atoms with Crippen molar-refractivity contribution in [2.75, 3.05) is 33.0 Å². The number of benzene rings is 1. The van der Waals surface area contributed by atoms with E-state index in [1.54, 1.807) is 19.1 Å². The molecule has 0 radical (unpaired) electrons. The lowest BCUT2D eigenvalue weighted by Gasteiger charge is -2.11. The highest BCUT2D eigenvalue weighted by Crippen LogP contribution is 2.19. The molecule has 28 heavy (non-hydrogen) atoms. The summed E-state index contributed by atoms with van der Waals surface area (Å²) < 4.78 is 25.5. The van der Waals surface area contributed by atoms with Crippen LogP contribution in [0.15, 0.2) is 30.4 Å². The van der Waals surface area contributed by atoms with Crippen LogP contribution in [0.1, 0.15) is 33.2 Å². The lowest BCUT2D eigenvalue weighted by Crippen LogP contribution is -2.18. The van der Waals surface area contributed by atoms with E-state index in [2.05, 4.69) is 6.58 Å². The third-order valence-electron chi connectivity index (χ3n) is 4.10. The van der Waals surface area contributed by atoms with Crippen LogP contribution in [0.4, 0.5) is 0 Å². The van der Waals surface area contributed by atoms with E-state index >= 15 is 0 Å². The molecule has 2 atom stereocenters. The molecule has 150 valence electrons. The normalized spacial score (nSPS) is 19.5. The fraction of sp³-hybridized carbons (Fsp3) is 0.450. The molecule has 2 aliphatic heterocycles. The Bertz CT molecular complexity index is 776. The van der Waals surface area contributed by atoms with Crippen LogP contribution in [0.3, 0.4) is 0 Å². The topological polar surface area (TPSA) is 104 Å². The van der Waals surface area contributed by atoms with Crippen molar-refractivity contribution in [2.24, 2.45) is 0 Å². The monoisotopic (exact) mass is 390 g/mol. The van der Waals surface area contributed by atoms with Gasteiger partial charge in [0.2, 0.25) is 0 Å². The van der Waals surface area contributed by atoms with Crippen LogP contribution in [0.2, 0.25) is 0 Å². The van der Waals surface area contributed by atoms with E-state index in [9.17, 15) is 14.4 Å². The molecule has 0 aliphatic carbocycles. The van der Waals surface area contributed by atoms with E-state index in [0.29, 0.717) is 30.8 Å². The standard InChI is InChI=1S/C20H22O8/c1-12(2)18(21)24-6-5-13-3-4-16(19(22)27-10-14-8-25-14)17(7-13)20(23)28-11-15-9-26-15/h3-4,7,14-15H,1,5-6,8-11H2,2H3. The zero-order chi connectivity index (χ0) is 20.1. The second kappa shape index (κ2) is 8.99. The molecule has 1 aromatic carbocycles. The molecule has 2 unspecified atom stereocenters. The molecule has 3 rings (SSSR count). The molecule has 0 spiro atoms. The number of epoxide rings is 2. The fourth-order valence-corrected chi connectivity index (χ4v) is 2.30. The van der Waals surface area contributed by atoms with Crippen molar-refractivity contribution in [3.63, 3.8) is 0 Å². The predicted octanol–water partition coefficient (Wildman–Crippen LogP) is 1.46. The molecule has 0 saturated carbocycles. The van der Waals surface area contributed by atoms with Gasteiger partial charge < -0.3 is 23.7 Å². The van der Waals surface area contributed by atoms with Crippen LogP contribution in [-0.4, -0.2) is 63.2 Å². The Balaban J connectivity index is 1.67. The summed E-state index contributed by atoms with van der Waals surface area (Å²) in [5.41, 5.74) is 1.24. The predicted molar refractivity (Wildman–Crippen MR) is 96.0 cm³/mol. The van der Waals surface area contributed by atoms with Crippen molar-refractivity contribution in [1.29, 1.82) is 0 Å². The first kappa shape index (κ1) is 20.0. The zero-order valence-electron chi connectivity index (χ0n) is 15.6. The average molecular weight is 390 g/mol. The fourth-order valence-electron chi connectivity index (χ4n) is 2.30. The van der Waals surface area contributed by atoms with Gasteiger partial charge in [0.15, 0.2) is 0 Å². The first-order chi connectivity index (χ1) is 13.4. The number of hydrogen-bond donors (Lipinski definition) is 0. The number of carbonyl (C=O) groups excluding carboxylic acids is 3. The second-order valence-electron chi connectivity index (χ2n) is 6.65. The smallest absolute Gasteiger partial charge is 0.339 e. The molecule has 2 saturated heterocycles. The van der Waals surface area contributed by atoms with Crippen LogP contribution in [0.25, 0.3) is 0 Å². The van der Waals surface area contributed by atoms with Gasteiger partial charge in [-0.3, -0.25) is 0 Å². The average Bonchev–Trinajstić information content (AvgIpc) is 3.58. The van der Waals surface area contributed by atoms with E-state index in [-0.39, 0.29) is 43.2 Å². The number of ether oxygens (including phenoxy) is 5. The SMILES string of the molecule is C=C(C)C(=O)OCCc1ccc(C(=O)OCC2CO2)c(C(=O)OCC2CO2)c1. The number of esters is 3. The summed E-state index contributed by atoms with van der Waals surface area (Å²) in [7, 11) is 0. The van der Waals surface area contributed by atoms with Gasteiger partial charge in [-0.25, -0.2) is 14.4 Å². The van der Waals surface area contributed by atoms with Gasteiger partial charge in [-0.2, -0.15) is 0 Å². The Morgan fingerprint density at radius 3 is 2.11 bits per heavy atom. The highest BCUT2D eigenvalue weighted by atomic mass is 16.6. The van der Waals surface area contributed by atoms with Crippen molar-refractivity contribution in [3.05, 3.63) is 47.0 Å². The lowest BCUT2D eigenvalue weighted by atomic mass is 10.0. The highest BCUT2D eigenvalue weighted by Gasteiger charge is 2.28. The van der Waals surface area contributed by atoms with Crippen LogP contribution in [0, 0.1) is 0 Å². The van der Waals surface area contributed by atoms with Gasteiger partial charge in [0.1, 0.15) is 25.4 Å². The molecule has 0 bridgehead atoms. The molecule has 0 N–H and O–H groups in total. The van der Waals surface area contributed by atoms with Crippen LogP contribution in [-0.2, 0) is 34.9 Å². The van der Waals surface area contributed by atoms with Gasteiger partial charge in [0.25, 0.3) is 0 Å². The molecule has 8 heteroatoms.